The van der Waals surface area contributed by atoms with Crippen molar-refractivity contribution in [2.75, 3.05) is 40.8 Å². The van der Waals surface area contributed by atoms with Gasteiger partial charge in [0.1, 0.15) is 0 Å². The van der Waals surface area contributed by atoms with E-state index in [2.05, 4.69) is 33.4 Å². The van der Waals surface area contributed by atoms with Gasteiger partial charge in [0.05, 0.1) is 27.7 Å². The number of unbranched alkanes of at least 4 members (excludes halogenated alkanes) is 6. The standard InChI is InChI=1S/C15H35N2/c1-5-6-7-8-10-13-16-14-11-9-12-15-17(2,3)4/h16H,5-15H2,1-4H3/q+1. The Morgan fingerprint density at radius 3 is 1.76 bits per heavy atom. The molecule has 0 unspecified atom stereocenters. The third-order valence-electron chi connectivity index (χ3n) is 3.14. The number of nitrogens with zero attached hydrogens (tertiary/aromatic N) is 1. The molecule has 2 nitrogen and oxygen atoms in total. The van der Waals surface area contributed by atoms with Crippen LogP contribution in [-0.4, -0.2) is 45.3 Å². The van der Waals surface area contributed by atoms with Gasteiger partial charge in [-0.15, -0.1) is 0 Å². The van der Waals surface area contributed by atoms with E-state index in [9.17, 15) is 0 Å². The third-order valence-corrected chi connectivity index (χ3v) is 3.14. The van der Waals surface area contributed by atoms with Crippen LogP contribution >= 0.6 is 0 Å². The molecule has 0 bridgehead atoms. The molecule has 1 N–H and O–H groups in total. The van der Waals surface area contributed by atoms with Crippen LogP contribution in [-0.2, 0) is 0 Å². The van der Waals surface area contributed by atoms with Crippen molar-refractivity contribution in [2.24, 2.45) is 0 Å². The van der Waals surface area contributed by atoms with E-state index in [0.29, 0.717) is 0 Å². The van der Waals surface area contributed by atoms with Crippen LogP contribution in [0, 0.1) is 0 Å². The van der Waals surface area contributed by atoms with Gasteiger partial charge >= 0.3 is 0 Å². The van der Waals surface area contributed by atoms with Crippen molar-refractivity contribution in [3.05, 3.63) is 0 Å². The van der Waals surface area contributed by atoms with Crippen molar-refractivity contribution in [2.45, 2.75) is 58.3 Å². The highest BCUT2D eigenvalue weighted by Crippen LogP contribution is 2.02. The lowest BCUT2D eigenvalue weighted by atomic mass is 10.1. The number of rotatable bonds is 12. The van der Waals surface area contributed by atoms with Crippen LogP contribution in [0.3, 0.4) is 0 Å². The monoisotopic (exact) mass is 243 g/mol. The summed E-state index contributed by atoms with van der Waals surface area (Å²) in [5, 5.41) is 3.55. The highest BCUT2D eigenvalue weighted by molar-refractivity contribution is 4.50. The molecule has 0 atom stereocenters. The van der Waals surface area contributed by atoms with Gasteiger partial charge in [0.15, 0.2) is 0 Å². The molecule has 0 aromatic heterocycles. The van der Waals surface area contributed by atoms with Crippen molar-refractivity contribution >= 4 is 0 Å². The zero-order chi connectivity index (χ0) is 13.0. The van der Waals surface area contributed by atoms with Crippen molar-refractivity contribution in [1.82, 2.24) is 5.32 Å². The SMILES string of the molecule is CCCCCCCNCCCCC[N+](C)(C)C. The fourth-order valence-electron chi connectivity index (χ4n) is 1.99. The van der Waals surface area contributed by atoms with Crippen LogP contribution in [0.25, 0.3) is 0 Å². The summed E-state index contributed by atoms with van der Waals surface area (Å²) in [7, 11) is 6.82. The van der Waals surface area contributed by atoms with Gasteiger partial charge in [-0.05, 0) is 38.8 Å². The minimum Gasteiger partial charge on any atom is -0.331 e. The van der Waals surface area contributed by atoms with Crippen molar-refractivity contribution < 1.29 is 4.48 Å². The second-order valence-corrected chi connectivity index (χ2v) is 6.24. The normalized spacial score (nSPS) is 12.0. The Morgan fingerprint density at radius 2 is 1.24 bits per heavy atom. The average molecular weight is 243 g/mol. The van der Waals surface area contributed by atoms with E-state index >= 15 is 0 Å². The van der Waals surface area contributed by atoms with Crippen LogP contribution in [0.1, 0.15) is 58.3 Å². The molecular formula is C15H35N2+. The number of nitrogens with one attached hydrogen (secondary N) is 1. The highest BCUT2D eigenvalue weighted by Gasteiger charge is 2.04. The van der Waals surface area contributed by atoms with E-state index in [1.165, 1.54) is 71.0 Å². The lowest BCUT2D eigenvalue weighted by Crippen LogP contribution is -2.35. The fourth-order valence-corrected chi connectivity index (χ4v) is 1.99. The predicted molar refractivity (Wildman–Crippen MR) is 78.4 cm³/mol. The van der Waals surface area contributed by atoms with E-state index < -0.39 is 0 Å². The molecule has 0 saturated carbocycles. The number of hydrogen-bond acceptors (Lipinski definition) is 1. The molecule has 2 heteroatoms. The third kappa shape index (κ3) is 15.9. The van der Waals surface area contributed by atoms with E-state index in [4.69, 9.17) is 0 Å². The summed E-state index contributed by atoms with van der Waals surface area (Å²) in [6.07, 6.45) is 11.0. The lowest BCUT2D eigenvalue weighted by Gasteiger charge is -2.23. The summed E-state index contributed by atoms with van der Waals surface area (Å²) in [6, 6.07) is 0. The summed E-state index contributed by atoms with van der Waals surface area (Å²) in [6.45, 7) is 6.01. The minimum atomic E-state index is 1.10. The first-order valence-corrected chi connectivity index (χ1v) is 7.57. The minimum absolute atomic E-state index is 1.10. The summed E-state index contributed by atoms with van der Waals surface area (Å²) in [4.78, 5) is 0. The van der Waals surface area contributed by atoms with Gasteiger partial charge in [-0.3, -0.25) is 0 Å². The molecule has 0 radical (unpaired) electrons. The first kappa shape index (κ1) is 16.9. The van der Waals surface area contributed by atoms with Crippen LogP contribution in [0.2, 0.25) is 0 Å². The lowest BCUT2D eigenvalue weighted by molar-refractivity contribution is -0.870. The van der Waals surface area contributed by atoms with Gasteiger partial charge in [-0.2, -0.15) is 0 Å². The Hall–Kier alpha value is -0.0800. The Morgan fingerprint density at radius 1 is 0.706 bits per heavy atom. The summed E-state index contributed by atoms with van der Waals surface area (Å²) in [5.74, 6) is 0. The Kier molecular flexibility index (Phi) is 11.0. The maximum atomic E-state index is 3.55. The maximum absolute atomic E-state index is 3.55. The van der Waals surface area contributed by atoms with Crippen molar-refractivity contribution in [3.63, 3.8) is 0 Å². The summed E-state index contributed by atoms with van der Waals surface area (Å²) in [5.41, 5.74) is 0. The topological polar surface area (TPSA) is 12.0 Å². The molecule has 0 spiro atoms. The van der Waals surface area contributed by atoms with Crippen molar-refractivity contribution in [3.8, 4) is 0 Å². The molecule has 0 amide bonds. The predicted octanol–water partition coefficient (Wildman–Crippen LogP) is 3.42. The number of quaternary nitrogens is 1. The molecule has 0 fully saturated rings. The van der Waals surface area contributed by atoms with Gasteiger partial charge in [0.2, 0.25) is 0 Å². The molecule has 0 aliphatic carbocycles. The smallest absolute Gasteiger partial charge is 0.0780 e. The Bertz CT molecular complexity index is 149. The van der Waals surface area contributed by atoms with Crippen LogP contribution in [0.15, 0.2) is 0 Å². The molecule has 0 aliphatic rings. The molecule has 104 valence electrons. The largest absolute Gasteiger partial charge is 0.331 e. The number of hydrogen-bond donors (Lipinski definition) is 1. The molecule has 0 heterocycles. The fraction of sp³-hybridized carbons (Fsp3) is 1.00. The molecule has 0 aromatic rings. The van der Waals surface area contributed by atoms with Crippen LogP contribution in [0.4, 0.5) is 0 Å². The highest BCUT2D eigenvalue weighted by atomic mass is 15.3. The quantitative estimate of drug-likeness (QED) is 0.409. The molecule has 0 rings (SSSR count). The first-order chi connectivity index (χ1) is 8.06. The molecule has 0 saturated heterocycles. The maximum Gasteiger partial charge on any atom is 0.0780 e. The molecular weight excluding hydrogens is 208 g/mol. The van der Waals surface area contributed by atoms with E-state index in [0.717, 1.165) is 4.48 Å². The summed E-state index contributed by atoms with van der Waals surface area (Å²) >= 11 is 0. The first-order valence-electron chi connectivity index (χ1n) is 7.57. The van der Waals surface area contributed by atoms with E-state index in [1.807, 2.05) is 0 Å². The molecule has 17 heavy (non-hydrogen) atoms. The van der Waals surface area contributed by atoms with E-state index in [1.54, 1.807) is 0 Å². The Balaban J connectivity index is 2.99. The van der Waals surface area contributed by atoms with E-state index in [-0.39, 0.29) is 0 Å². The zero-order valence-corrected chi connectivity index (χ0v) is 12.7. The van der Waals surface area contributed by atoms with Crippen molar-refractivity contribution in [1.29, 1.82) is 0 Å². The van der Waals surface area contributed by atoms with Gasteiger partial charge < -0.3 is 9.80 Å². The van der Waals surface area contributed by atoms with Gasteiger partial charge in [-0.25, -0.2) is 0 Å². The molecule has 0 aliphatic heterocycles. The zero-order valence-electron chi connectivity index (χ0n) is 12.7. The second kappa shape index (κ2) is 11.0. The summed E-state index contributed by atoms with van der Waals surface area (Å²) < 4.78 is 1.10. The van der Waals surface area contributed by atoms with Gasteiger partial charge in [0.25, 0.3) is 0 Å². The van der Waals surface area contributed by atoms with Gasteiger partial charge in [-0.1, -0.05) is 32.6 Å². The average Bonchev–Trinajstić information content (AvgIpc) is 2.24. The second-order valence-electron chi connectivity index (χ2n) is 6.24. The Labute approximate surface area is 109 Å². The molecule has 0 aromatic carbocycles. The van der Waals surface area contributed by atoms with Crippen LogP contribution < -0.4 is 5.32 Å². The van der Waals surface area contributed by atoms with Crippen LogP contribution in [0.5, 0.6) is 0 Å². The van der Waals surface area contributed by atoms with Gasteiger partial charge in [0, 0.05) is 0 Å².